The molecule has 1 aliphatic rings. The van der Waals surface area contributed by atoms with Crippen LogP contribution in [0.1, 0.15) is 0 Å². The molecule has 2 heterocycles. The first-order valence-electron chi connectivity index (χ1n) is 5.37. The topological polar surface area (TPSA) is 50.3 Å². The van der Waals surface area contributed by atoms with Gasteiger partial charge in [-0.2, -0.15) is 4.98 Å². The molecule has 94 valence electrons. The maximum absolute atomic E-state index is 13.3. The summed E-state index contributed by atoms with van der Waals surface area (Å²) in [4.78, 5) is 9.49. The predicted octanol–water partition coefficient (Wildman–Crippen LogP) is 1.01. The summed E-state index contributed by atoms with van der Waals surface area (Å²) in [5.74, 6) is -0.402. The van der Waals surface area contributed by atoms with Crippen molar-refractivity contribution in [2.75, 3.05) is 38.6 Å². The van der Waals surface area contributed by atoms with Crippen LogP contribution in [-0.2, 0) is 4.74 Å². The molecule has 0 aliphatic carbocycles. The van der Waals surface area contributed by atoms with E-state index in [9.17, 15) is 4.39 Å². The van der Waals surface area contributed by atoms with Crippen LogP contribution in [0.15, 0.2) is 6.20 Å². The number of aromatic nitrogens is 2. The number of likely N-dealkylation sites (N-methyl/N-ethyl adjacent to an activating group) is 1. The van der Waals surface area contributed by atoms with Crippen LogP contribution in [0.2, 0.25) is 5.28 Å². The van der Waals surface area contributed by atoms with E-state index in [2.05, 4.69) is 20.2 Å². The van der Waals surface area contributed by atoms with Crippen molar-refractivity contribution < 1.29 is 9.13 Å². The molecule has 0 bridgehead atoms. The van der Waals surface area contributed by atoms with Gasteiger partial charge in [0.15, 0.2) is 11.6 Å². The van der Waals surface area contributed by atoms with Crippen LogP contribution in [0.3, 0.4) is 0 Å². The molecule has 17 heavy (non-hydrogen) atoms. The summed E-state index contributed by atoms with van der Waals surface area (Å²) in [5, 5.41) is 2.91. The molecule has 0 spiro atoms. The number of hydrogen-bond donors (Lipinski definition) is 1. The number of ether oxygens (including phenoxy) is 1. The van der Waals surface area contributed by atoms with Crippen LogP contribution >= 0.6 is 11.6 Å². The smallest absolute Gasteiger partial charge is 0.224 e. The van der Waals surface area contributed by atoms with Crippen LogP contribution < -0.4 is 5.32 Å². The molecule has 1 fully saturated rings. The molecule has 2 rings (SSSR count). The molecule has 1 aliphatic heterocycles. The summed E-state index contributed by atoms with van der Waals surface area (Å²) in [6.07, 6.45) is 1.08. The van der Waals surface area contributed by atoms with Crippen molar-refractivity contribution in [3.05, 3.63) is 17.3 Å². The molecule has 5 nitrogen and oxygen atoms in total. The molecule has 0 saturated carbocycles. The fourth-order valence-corrected chi connectivity index (χ4v) is 1.80. The van der Waals surface area contributed by atoms with E-state index in [1.165, 1.54) is 0 Å². The molecule has 1 aromatic rings. The minimum atomic E-state index is -0.515. The Labute approximate surface area is 104 Å². The van der Waals surface area contributed by atoms with Crippen molar-refractivity contribution in [3.8, 4) is 0 Å². The summed E-state index contributed by atoms with van der Waals surface area (Å²) < 4.78 is 18.8. The highest BCUT2D eigenvalue weighted by Gasteiger charge is 2.18. The standard InChI is InChI=1S/C10H14ClFN4O/c1-16-2-3-17-7(6-16)4-13-9-8(12)5-14-10(11)15-9/h5,7H,2-4,6H2,1H3,(H,13,14,15). The van der Waals surface area contributed by atoms with E-state index < -0.39 is 5.82 Å². The zero-order valence-corrected chi connectivity index (χ0v) is 10.2. The first-order chi connectivity index (χ1) is 8.15. The van der Waals surface area contributed by atoms with Gasteiger partial charge in [0.1, 0.15) is 0 Å². The van der Waals surface area contributed by atoms with Gasteiger partial charge in [0.25, 0.3) is 0 Å². The lowest BCUT2D eigenvalue weighted by molar-refractivity contribution is -0.0117. The predicted molar refractivity (Wildman–Crippen MR) is 62.7 cm³/mol. The van der Waals surface area contributed by atoms with Gasteiger partial charge in [0.2, 0.25) is 5.28 Å². The Balaban J connectivity index is 1.90. The lowest BCUT2D eigenvalue weighted by atomic mass is 10.3. The molecule has 1 saturated heterocycles. The van der Waals surface area contributed by atoms with E-state index in [1.807, 2.05) is 7.05 Å². The average Bonchev–Trinajstić information content (AvgIpc) is 2.30. The molecule has 1 atom stereocenters. The van der Waals surface area contributed by atoms with E-state index in [0.29, 0.717) is 13.2 Å². The van der Waals surface area contributed by atoms with Crippen LogP contribution in [0.5, 0.6) is 0 Å². The lowest BCUT2D eigenvalue weighted by Gasteiger charge is -2.30. The van der Waals surface area contributed by atoms with Crippen molar-refractivity contribution in [2.24, 2.45) is 0 Å². The van der Waals surface area contributed by atoms with Crippen LogP contribution in [0.4, 0.5) is 10.2 Å². The van der Waals surface area contributed by atoms with Crippen molar-refractivity contribution >= 4 is 17.4 Å². The third-order valence-corrected chi connectivity index (χ3v) is 2.74. The maximum Gasteiger partial charge on any atom is 0.224 e. The summed E-state index contributed by atoms with van der Waals surface area (Å²) in [6.45, 7) is 2.92. The van der Waals surface area contributed by atoms with Gasteiger partial charge in [0.05, 0.1) is 18.9 Å². The largest absolute Gasteiger partial charge is 0.374 e. The second-order valence-corrected chi connectivity index (χ2v) is 4.31. The molecule has 1 unspecified atom stereocenters. The monoisotopic (exact) mass is 260 g/mol. The molecular weight excluding hydrogens is 247 g/mol. The maximum atomic E-state index is 13.3. The molecule has 0 aromatic carbocycles. The Morgan fingerprint density at radius 1 is 1.71 bits per heavy atom. The lowest BCUT2D eigenvalue weighted by Crippen LogP contribution is -2.43. The Bertz CT molecular complexity index is 393. The molecular formula is C10H14ClFN4O. The Morgan fingerprint density at radius 2 is 2.53 bits per heavy atom. The van der Waals surface area contributed by atoms with Crippen molar-refractivity contribution in [2.45, 2.75) is 6.10 Å². The fourth-order valence-electron chi connectivity index (χ4n) is 1.67. The second-order valence-electron chi connectivity index (χ2n) is 3.97. The van der Waals surface area contributed by atoms with Gasteiger partial charge in [-0.3, -0.25) is 0 Å². The number of halogens is 2. The zero-order valence-electron chi connectivity index (χ0n) is 9.49. The first kappa shape index (κ1) is 12.5. The molecule has 0 amide bonds. The van der Waals surface area contributed by atoms with Gasteiger partial charge < -0.3 is 15.0 Å². The number of nitrogens with one attached hydrogen (secondary N) is 1. The summed E-state index contributed by atoms with van der Waals surface area (Å²) >= 11 is 5.59. The van der Waals surface area contributed by atoms with E-state index in [0.717, 1.165) is 19.3 Å². The first-order valence-corrected chi connectivity index (χ1v) is 5.75. The third-order valence-electron chi connectivity index (χ3n) is 2.55. The van der Waals surface area contributed by atoms with Gasteiger partial charge in [-0.25, -0.2) is 9.37 Å². The van der Waals surface area contributed by atoms with Crippen molar-refractivity contribution in [1.82, 2.24) is 14.9 Å². The Kier molecular flexibility index (Phi) is 4.09. The average molecular weight is 261 g/mol. The van der Waals surface area contributed by atoms with Gasteiger partial charge in [-0.1, -0.05) is 0 Å². The Hall–Kier alpha value is -0.980. The summed E-state index contributed by atoms with van der Waals surface area (Å²) in [7, 11) is 2.03. The van der Waals surface area contributed by atoms with Gasteiger partial charge in [-0.05, 0) is 18.6 Å². The number of nitrogens with zero attached hydrogens (tertiary/aromatic N) is 3. The molecule has 7 heteroatoms. The number of anilines is 1. The van der Waals surface area contributed by atoms with Crippen molar-refractivity contribution in [1.29, 1.82) is 0 Å². The van der Waals surface area contributed by atoms with E-state index >= 15 is 0 Å². The van der Waals surface area contributed by atoms with E-state index in [4.69, 9.17) is 16.3 Å². The van der Waals surface area contributed by atoms with Crippen LogP contribution in [0, 0.1) is 5.82 Å². The minimum Gasteiger partial charge on any atom is -0.374 e. The third kappa shape index (κ3) is 3.49. The highest BCUT2D eigenvalue weighted by atomic mass is 35.5. The van der Waals surface area contributed by atoms with Gasteiger partial charge >= 0.3 is 0 Å². The second kappa shape index (κ2) is 5.57. The SMILES string of the molecule is CN1CCOC(CNc2nc(Cl)ncc2F)C1. The normalized spacial score (nSPS) is 21.5. The Morgan fingerprint density at radius 3 is 3.29 bits per heavy atom. The quantitative estimate of drug-likeness (QED) is 0.822. The summed E-state index contributed by atoms with van der Waals surface area (Å²) in [6, 6.07) is 0. The highest BCUT2D eigenvalue weighted by Crippen LogP contribution is 2.12. The van der Waals surface area contributed by atoms with Crippen molar-refractivity contribution in [3.63, 3.8) is 0 Å². The highest BCUT2D eigenvalue weighted by molar-refractivity contribution is 6.28. The van der Waals surface area contributed by atoms with Crippen LogP contribution in [-0.4, -0.2) is 54.3 Å². The molecule has 0 radical (unpaired) electrons. The number of hydrogen-bond acceptors (Lipinski definition) is 5. The molecule has 1 N–H and O–H groups in total. The number of rotatable bonds is 3. The van der Waals surface area contributed by atoms with Gasteiger partial charge in [-0.15, -0.1) is 0 Å². The zero-order chi connectivity index (χ0) is 12.3. The summed E-state index contributed by atoms with van der Waals surface area (Å²) in [5.41, 5.74) is 0. The fraction of sp³-hybridized carbons (Fsp3) is 0.600. The van der Waals surface area contributed by atoms with Gasteiger partial charge in [0, 0.05) is 19.6 Å². The minimum absolute atomic E-state index is 0.0237. The van der Waals surface area contributed by atoms with E-state index in [1.54, 1.807) is 0 Å². The number of morpholine rings is 1. The van der Waals surface area contributed by atoms with Crippen LogP contribution in [0.25, 0.3) is 0 Å². The van der Waals surface area contributed by atoms with E-state index in [-0.39, 0.29) is 17.2 Å². The molecule has 1 aromatic heterocycles.